The summed E-state index contributed by atoms with van der Waals surface area (Å²) in [6, 6.07) is 10.4. The molecule has 9 heteroatoms. The van der Waals surface area contributed by atoms with Crippen LogP contribution in [0.25, 0.3) is 16.7 Å². The van der Waals surface area contributed by atoms with Crippen LogP contribution in [0.4, 0.5) is 0 Å². The number of hydrogen-bond acceptors (Lipinski definition) is 6. The largest absolute Gasteiger partial charge is 0.441 e. The Morgan fingerprint density at radius 1 is 1.28 bits per heavy atom. The Morgan fingerprint density at radius 3 is 2.76 bits per heavy atom. The maximum absolute atomic E-state index is 12.6. The van der Waals surface area contributed by atoms with E-state index >= 15 is 0 Å². The molecular weight excluding hydrogens is 392 g/mol. The number of benzene rings is 1. The van der Waals surface area contributed by atoms with Crippen molar-refractivity contribution in [3.05, 3.63) is 59.3 Å². The lowest BCUT2D eigenvalue weighted by Gasteiger charge is -2.22. The van der Waals surface area contributed by atoms with E-state index in [1.54, 1.807) is 36.6 Å². The number of nitrogens with one attached hydrogen (secondary N) is 1. The zero-order chi connectivity index (χ0) is 19.9. The molecule has 0 saturated heterocycles. The maximum atomic E-state index is 12.6. The number of rotatable bonds is 5. The summed E-state index contributed by atoms with van der Waals surface area (Å²) in [6.07, 6.45) is 1.98. The smallest absolute Gasteiger partial charge is 0.240 e. The van der Waals surface area contributed by atoms with Crippen molar-refractivity contribution in [1.29, 1.82) is 0 Å². The van der Waals surface area contributed by atoms with Crippen molar-refractivity contribution in [3.63, 3.8) is 0 Å². The molecule has 152 valence electrons. The van der Waals surface area contributed by atoms with E-state index in [2.05, 4.69) is 20.5 Å². The van der Waals surface area contributed by atoms with E-state index < -0.39 is 11.6 Å². The minimum absolute atomic E-state index is 0. The van der Waals surface area contributed by atoms with Gasteiger partial charge in [-0.2, -0.15) is 0 Å². The summed E-state index contributed by atoms with van der Waals surface area (Å²) in [5.74, 6) is 0.657. The van der Waals surface area contributed by atoms with Gasteiger partial charge in [0.25, 0.3) is 0 Å². The number of oxazole rings is 1. The van der Waals surface area contributed by atoms with Crippen LogP contribution in [-0.2, 0) is 11.2 Å². The molecule has 0 aliphatic heterocycles. The van der Waals surface area contributed by atoms with Gasteiger partial charge in [-0.1, -0.05) is 31.2 Å². The van der Waals surface area contributed by atoms with E-state index in [4.69, 9.17) is 21.8 Å². The highest BCUT2D eigenvalue weighted by molar-refractivity contribution is 6.30. The van der Waals surface area contributed by atoms with E-state index in [1.165, 1.54) is 0 Å². The molecule has 0 bridgehead atoms. The normalized spacial score (nSPS) is 12.7. The molecule has 0 aliphatic carbocycles. The molecule has 3 aromatic heterocycles. The fraction of sp³-hybridized carbons (Fsp3) is 0.300. The summed E-state index contributed by atoms with van der Waals surface area (Å²) in [5, 5.41) is 11.9. The van der Waals surface area contributed by atoms with Gasteiger partial charge in [0.05, 0.1) is 23.0 Å². The van der Waals surface area contributed by atoms with E-state index in [0.717, 1.165) is 5.52 Å². The second kappa shape index (κ2) is 7.81. The summed E-state index contributed by atoms with van der Waals surface area (Å²) >= 11 is 6.13. The van der Waals surface area contributed by atoms with E-state index in [0.29, 0.717) is 28.0 Å². The molecule has 29 heavy (non-hydrogen) atoms. The summed E-state index contributed by atoms with van der Waals surface area (Å²) < 4.78 is 7.56. The third kappa shape index (κ3) is 4.23. The molecule has 4 rings (SSSR count). The summed E-state index contributed by atoms with van der Waals surface area (Å²) in [6.45, 7) is 3.27. The monoisotopic (exact) mass is 414 g/mol. The Morgan fingerprint density at radius 2 is 2.03 bits per heavy atom. The van der Waals surface area contributed by atoms with E-state index in [1.807, 2.05) is 24.3 Å². The van der Waals surface area contributed by atoms with Crippen molar-refractivity contribution in [3.8, 4) is 0 Å². The van der Waals surface area contributed by atoms with Crippen LogP contribution in [0.1, 0.15) is 39.0 Å². The van der Waals surface area contributed by atoms with Crippen molar-refractivity contribution >= 4 is 34.3 Å². The van der Waals surface area contributed by atoms with Crippen molar-refractivity contribution in [2.75, 3.05) is 0 Å². The van der Waals surface area contributed by atoms with Crippen LogP contribution in [0.3, 0.4) is 0 Å². The molecule has 0 saturated carbocycles. The average Bonchev–Trinajstić information content (AvgIpc) is 3.23. The fourth-order valence-corrected chi connectivity index (χ4v) is 3.01. The minimum atomic E-state index is -1.06. The predicted octanol–water partition coefficient (Wildman–Crippen LogP) is 3.30. The van der Waals surface area contributed by atoms with Crippen LogP contribution >= 0.6 is 11.6 Å². The molecule has 0 fully saturated rings. The lowest BCUT2D eigenvalue weighted by molar-refractivity contribution is -0.126. The summed E-state index contributed by atoms with van der Waals surface area (Å²) in [5.41, 5.74) is 6.94. The number of nitrogens with two attached hydrogens (primary N) is 1. The number of amides is 1. The Bertz CT molecular complexity index is 1130. The molecule has 1 atom stereocenters. The standard InChI is InChI=1S/C19H19ClN6O2.CH4/c1-19(2,21)18(27)23-13(9-16-22-12-5-3-4-6-14(12)28-16)17-25-24-15-8-7-11(20)10-26(15)17;/h3-8,10,13H,9,21H2,1-2H3,(H,23,27);1H4/t13-;/m1./s1. The Kier molecular flexibility index (Phi) is 5.59. The lowest BCUT2D eigenvalue weighted by atomic mass is 10.0. The number of carbonyl (C=O) groups excluding carboxylic acids is 1. The first-order valence-electron chi connectivity index (χ1n) is 8.76. The second-order valence-electron chi connectivity index (χ2n) is 7.16. The van der Waals surface area contributed by atoms with Gasteiger partial charge in [0.15, 0.2) is 22.9 Å². The van der Waals surface area contributed by atoms with Crippen LogP contribution < -0.4 is 11.1 Å². The van der Waals surface area contributed by atoms with Crippen LogP contribution in [0.15, 0.2) is 47.0 Å². The van der Waals surface area contributed by atoms with Gasteiger partial charge in [-0.15, -0.1) is 10.2 Å². The molecular formula is C20H23ClN6O2. The quantitative estimate of drug-likeness (QED) is 0.518. The number of aromatic nitrogens is 4. The van der Waals surface area contributed by atoms with Gasteiger partial charge in [-0.25, -0.2) is 4.98 Å². The molecule has 4 aromatic rings. The van der Waals surface area contributed by atoms with Gasteiger partial charge in [-0.3, -0.25) is 9.20 Å². The first-order valence-corrected chi connectivity index (χ1v) is 9.13. The van der Waals surface area contributed by atoms with Crippen molar-refractivity contribution in [2.24, 2.45) is 5.73 Å². The molecule has 0 radical (unpaired) electrons. The van der Waals surface area contributed by atoms with Gasteiger partial charge >= 0.3 is 0 Å². The highest BCUT2D eigenvalue weighted by Crippen LogP contribution is 2.23. The molecule has 1 amide bonds. The lowest BCUT2D eigenvalue weighted by Crippen LogP contribution is -2.50. The average molecular weight is 415 g/mol. The molecule has 1 aromatic carbocycles. The molecule has 0 spiro atoms. The second-order valence-corrected chi connectivity index (χ2v) is 7.60. The molecule has 3 N–H and O–H groups in total. The van der Waals surface area contributed by atoms with E-state index in [9.17, 15) is 4.79 Å². The fourth-order valence-electron chi connectivity index (χ4n) is 2.85. The van der Waals surface area contributed by atoms with Crippen LogP contribution in [0.5, 0.6) is 0 Å². The van der Waals surface area contributed by atoms with Crippen molar-refractivity contribution < 1.29 is 9.21 Å². The van der Waals surface area contributed by atoms with Crippen LogP contribution in [0, 0.1) is 0 Å². The Labute approximate surface area is 173 Å². The van der Waals surface area contributed by atoms with Gasteiger partial charge in [0.1, 0.15) is 5.52 Å². The zero-order valence-electron chi connectivity index (χ0n) is 15.4. The zero-order valence-corrected chi connectivity index (χ0v) is 16.1. The number of para-hydroxylation sites is 2. The third-order valence-corrected chi connectivity index (χ3v) is 4.54. The van der Waals surface area contributed by atoms with Crippen LogP contribution in [-0.4, -0.2) is 31.0 Å². The molecule has 0 aliphatic rings. The SMILES string of the molecule is C.CC(C)(N)C(=O)N[C@H](Cc1nc2ccccc2o1)c1nnc2ccc(Cl)cn12. The molecule has 8 nitrogen and oxygen atoms in total. The first-order chi connectivity index (χ1) is 13.3. The number of carbonyl (C=O) groups is 1. The minimum Gasteiger partial charge on any atom is -0.441 e. The highest BCUT2D eigenvalue weighted by atomic mass is 35.5. The first kappa shape index (κ1) is 20.8. The number of halogens is 1. The van der Waals surface area contributed by atoms with Gasteiger partial charge in [0.2, 0.25) is 5.91 Å². The summed E-state index contributed by atoms with van der Waals surface area (Å²) in [4.78, 5) is 17.1. The topological polar surface area (TPSA) is 111 Å². The predicted molar refractivity (Wildman–Crippen MR) is 112 cm³/mol. The summed E-state index contributed by atoms with van der Waals surface area (Å²) in [7, 11) is 0. The number of nitrogens with zero attached hydrogens (tertiary/aromatic N) is 4. The van der Waals surface area contributed by atoms with Crippen LogP contribution in [0.2, 0.25) is 5.02 Å². The molecule has 3 heterocycles. The molecule has 0 unspecified atom stereocenters. The van der Waals surface area contributed by atoms with Gasteiger partial charge in [-0.05, 0) is 38.1 Å². The van der Waals surface area contributed by atoms with Gasteiger partial charge < -0.3 is 15.5 Å². The number of hydrogen-bond donors (Lipinski definition) is 2. The third-order valence-electron chi connectivity index (χ3n) is 4.31. The Hall–Kier alpha value is -2.97. The van der Waals surface area contributed by atoms with Gasteiger partial charge in [0, 0.05) is 6.20 Å². The Balaban J connectivity index is 0.00000240. The highest BCUT2D eigenvalue weighted by Gasteiger charge is 2.29. The van der Waals surface area contributed by atoms with Crippen molar-refractivity contribution in [1.82, 2.24) is 24.9 Å². The maximum Gasteiger partial charge on any atom is 0.240 e. The number of pyridine rings is 1. The van der Waals surface area contributed by atoms with Crippen molar-refractivity contribution in [2.45, 2.75) is 39.3 Å². The van der Waals surface area contributed by atoms with E-state index in [-0.39, 0.29) is 19.8 Å². The number of fused-ring (bicyclic) bond motifs is 2.